The maximum Gasteiger partial charge on any atom is 0.239 e. The molecule has 150 valence electrons. The molecule has 0 atom stereocenters. The molecule has 1 aliphatic carbocycles. The average molecular weight is 414 g/mol. The van der Waals surface area contributed by atoms with Gasteiger partial charge in [0.25, 0.3) is 0 Å². The third-order valence-corrected chi connectivity index (χ3v) is 7.07. The summed E-state index contributed by atoms with van der Waals surface area (Å²) in [6.07, 6.45) is 3.78. The molecule has 1 aliphatic heterocycles. The molecule has 6 nitrogen and oxygen atoms in total. The normalized spacial score (nSPS) is 24.1. The summed E-state index contributed by atoms with van der Waals surface area (Å²) in [5, 5.41) is 0.692. The van der Waals surface area contributed by atoms with Crippen molar-refractivity contribution in [3.63, 3.8) is 0 Å². The molecular weight excluding hydrogens is 386 g/mol. The lowest BCUT2D eigenvalue weighted by Gasteiger charge is -2.36. The quantitative estimate of drug-likeness (QED) is 0.805. The van der Waals surface area contributed by atoms with Gasteiger partial charge in [-0.1, -0.05) is 18.5 Å². The van der Waals surface area contributed by atoms with Crippen LogP contribution in [0.2, 0.25) is 5.02 Å². The number of hydrogen-bond donors (Lipinski definition) is 1. The van der Waals surface area contributed by atoms with Crippen molar-refractivity contribution in [1.29, 1.82) is 0 Å². The fraction of sp³-hybridized carbons (Fsp3) is 0.632. The Morgan fingerprint density at radius 3 is 2.26 bits per heavy atom. The number of piperazine rings is 1. The molecule has 1 saturated heterocycles. The number of benzene rings is 1. The van der Waals surface area contributed by atoms with Crippen molar-refractivity contribution in [3.05, 3.63) is 29.3 Å². The average Bonchev–Trinajstić information content (AvgIpc) is 2.64. The molecule has 1 heterocycles. The zero-order valence-corrected chi connectivity index (χ0v) is 17.3. The van der Waals surface area contributed by atoms with E-state index < -0.39 is 15.8 Å². The molecule has 0 spiro atoms. The highest BCUT2D eigenvalue weighted by Crippen LogP contribution is 2.24. The van der Waals surface area contributed by atoms with Crippen molar-refractivity contribution in [2.75, 3.05) is 36.8 Å². The maximum atomic E-state index is 12.5. The van der Waals surface area contributed by atoms with E-state index >= 15 is 0 Å². The zero-order valence-electron chi connectivity index (χ0n) is 15.7. The van der Waals surface area contributed by atoms with Gasteiger partial charge in [-0.25, -0.2) is 13.1 Å². The number of carbonyl (C=O) groups excluding carboxylic acids is 1. The predicted octanol–water partition coefficient (Wildman–Crippen LogP) is 2.49. The largest absolute Gasteiger partial charge is 0.368 e. The van der Waals surface area contributed by atoms with Crippen molar-refractivity contribution in [2.24, 2.45) is 5.92 Å². The standard InChI is InChI=1S/C19H28ClN3O3S/c1-15-2-6-17(7-3-15)21-27(25,26)14-19(24)23-12-10-22(11-13-23)18-8-4-16(20)5-9-18/h4-5,8-9,15,17,21H,2-3,6-7,10-14H2,1H3. The van der Waals surface area contributed by atoms with Gasteiger partial charge in [-0.2, -0.15) is 0 Å². The second-order valence-electron chi connectivity index (χ2n) is 7.68. The summed E-state index contributed by atoms with van der Waals surface area (Å²) in [6.45, 7) is 4.61. The second kappa shape index (κ2) is 8.80. The third kappa shape index (κ3) is 5.83. The number of hydrogen-bond acceptors (Lipinski definition) is 4. The van der Waals surface area contributed by atoms with Crippen molar-refractivity contribution in [3.8, 4) is 0 Å². The molecule has 1 amide bonds. The second-order valence-corrected chi connectivity index (χ2v) is 9.87. The number of amides is 1. The van der Waals surface area contributed by atoms with Crippen LogP contribution in [0.15, 0.2) is 24.3 Å². The summed E-state index contributed by atoms with van der Waals surface area (Å²) in [7, 11) is -3.59. The summed E-state index contributed by atoms with van der Waals surface area (Å²) in [5.74, 6) is -0.119. The molecule has 0 unspecified atom stereocenters. The van der Waals surface area contributed by atoms with Gasteiger partial charge in [0.2, 0.25) is 15.9 Å². The van der Waals surface area contributed by atoms with Gasteiger partial charge in [0.15, 0.2) is 0 Å². The molecule has 2 fully saturated rings. The van der Waals surface area contributed by atoms with E-state index in [1.54, 1.807) is 4.90 Å². The fourth-order valence-electron chi connectivity index (χ4n) is 3.79. The lowest BCUT2D eigenvalue weighted by Crippen LogP contribution is -2.51. The Kier molecular flexibility index (Phi) is 6.65. The van der Waals surface area contributed by atoms with Crippen molar-refractivity contribution < 1.29 is 13.2 Å². The first kappa shape index (κ1) is 20.4. The zero-order chi connectivity index (χ0) is 19.4. The summed E-state index contributed by atoms with van der Waals surface area (Å²) < 4.78 is 27.5. The Hall–Kier alpha value is -1.31. The van der Waals surface area contributed by atoms with Crippen LogP contribution >= 0.6 is 11.6 Å². The number of anilines is 1. The number of halogens is 1. The van der Waals surface area contributed by atoms with Crippen LogP contribution < -0.4 is 9.62 Å². The number of sulfonamides is 1. The van der Waals surface area contributed by atoms with Gasteiger partial charge >= 0.3 is 0 Å². The van der Waals surface area contributed by atoms with Gasteiger partial charge in [0.1, 0.15) is 5.75 Å². The van der Waals surface area contributed by atoms with Crippen LogP contribution in [0.4, 0.5) is 5.69 Å². The van der Waals surface area contributed by atoms with Crippen LogP contribution in [-0.4, -0.2) is 57.2 Å². The first-order valence-electron chi connectivity index (χ1n) is 9.61. The molecule has 8 heteroatoms. The van der Waals surface area contributed by atoms with E-state index in [9.17, 15) is 13.2 Å². The van der Waals surface area contributed by atoms with Gasteiger partial charge in [-0.15, -0.1) is 0 Å². The molecule has 1 saturated carbocycles. The SMILES string of the molecule is CC1CCC(NS(=O)(=O)CC(=O)N2CCN(c3ccc(Cl)cc3)CC2)CC1. The van der Waals surface area contributed by atoms with Gasteiger partial charge in [-0.3, -0.25) is 4.79 Å². The number of nitrogens with one attached hydrogen (secondary N) is 1. The van der Waals surface area contributed by atoms with Crippen LogP contribution in [0.5, 0.6) is 0 Å². The minimum atomic E-state index is -3.59. The van der Waals surface area contributed by atoms with E-state index in [0.29, 0.717) is 37.1 Å². The highest BCUT2D eigenvalue weighted by atomic mass is 35.5. The fourth-order valence-corrected chi connectivity index (χ4v) is 5.25. The van der Waals surface area contributed by atoms with Crippen LogP contribution in [0.25, 0.3) is 0 Å². The summed E-state index contributed by atoms with van der Waals surface area (Å²) in [5.41, 5.74) is 1.06. The number of carbonyl (C=O) groups is 1. The van der Waals surface area contributed by atoms with Gasteiger partial charge in [-0.05, 0) is 55.9 Å². The maximum absolute atomic E-state index is 12.5. The van der Waals surface area contributed by atoms with Crippen LogP contribution in [0, 0.1) is 5.92 Å². The van der Waals surface area contributed by atoms with Crippen molar-refractivity contribution >= 4 is 33.2 Å². The molecule has 0 bridgehead atoms. The Labute approximate surface area is 166 Å². The molecule has 1 N–H and O–H groups in total. The van der Waals surface area contributed by atoms with Crippen LogP contribution in [-0.2, 0) is 14.8 Å². The predicted molar refractivity (Wildman–Crippen MR) is 109 cm³/mol. The van der Waals surface area contributed by atoms with E-state index in [2.05, 4.69) is 16.5 Å². The summed E-state index contributed by atoms with van der Waals surface area (Å²) in [6, 6.07) is 7.58. The minimum Gasteiger partial charge on any atom is -0.368 e. The number of rotatable bonds is 5. The Balaban J connectivity index is 1.48. The molecule has 2 aliphatic rings. The number of nitrogens with zero attached hydrogens (tertiary/aromatic N) is 2. The minimum absolute atomic E-state index is 0.0271. The lowest BCUT2D eigenvalue weighted by atomic mass is 9.88. The van der Waals surface area contributed by atoms with Gasteiger partial charge in [0.05, 0.1) is 0 Å². The molecule has 1 aromatic rings. The molecule has 0 aromatic heterocycles. The van der Waals surface area contributed by atoms with E-state index in [1.807, 2.05) is 24.3 Å². The lowest BCUT2D eigenvalue weighted by molar-refractivity contribution is -0.128. The van der Waals surface area contributed by atoms with Crippen molar-refractivity contribution in [2.45, 2.75) is 38.6 Å². The third-order valence-electron chi connectivity index (χ3n) is 5.50. The van der Waals surface area contributed by atoms with Gasteiger partial charge < -0.3 is 9.80 Å². The summed E-state index contributed by atoms with van der Waals surface area (Å²) in [4.78, 5) is 16.3. The van der Waals surface area contributed by atoms with Crippen LogP contribution in [0.3, 0.4) is 0 Å². The topological polar surface area (TPSA) is 69.7 Å². The monoisotopic (exact) mass is 413 g/mol. The molecular formula is C19H28ClN3O3S. The smallest absolute Gasteiger partial charge is 0.239 e. The highest BCUT2D eigenvalue weighted by Gasteiger charge is 2.28. The molecule has 3 rings (SSSR count). The van der Waals surface area contributed by atoms with E-state index in [-0.39, 0.29) is 11.9 Å². The Morgan fingerprint density at radius 1 is 1.07 bits per heavy atom. The first-order chi connectivity index (χ1) is 12.8. The van der Waals surface area contributed by atoms with E-state index in [0.717, 1.165) is 31.4 Å². The van der Waals surface area contributed by atoms with Gasteiger partial charge in [0, 0.05) is 42.9 Å². The van der Waals surface area contributed by atoms with Crippen molar-refractivity contribution in [1.82, 2.24) is 9.62 Å². The Morgan fingerprint density at radius 2 is 1.67 bits per heavy atom. The van der Waals surface area contributed by atoms with Crippen LogP contribution in [0.1, 0.15) is 32.6 Å². The Bertz CT molecular complexity index is 738. The summed E-state index contributed by atoms with van der Waals surface area (Å²) >= 11 is 5.92. The molecule has 1 aromatic carbocycles. The van der Waals surface area contributed by atoms with E-state index in [1.165, 1.54) is 0 Å². The molecule has 27 heavy (non-hydrogen) atoms. The molecule has 0 radical (unpaired) electrons. The first-order valence-corrected chi connectivity index (χ1v) is 11.6. The highest BCUT2D eigenvalue weighted by molar-refractivity contribution is 7.90. The van der Waals surface area contributed by atoms with E-state index in [4.69, 9.17) is 11.6 Å².